The van der Waals surface area contributed by atoms with E-state index < -0.39 is 23.0 Å². The van der Waals surface area contributed by atoms with Gasteiger partial charge in [-0.05, 0) is 78.4 Å². The Morgan fingerprint density at radius 1 is 0.792 bits per heavy atom. The maximum absolute atomic E-state index is 12.7. The van der Waals surface area contributed by atoms with E-state index in [1.54, 1.807) is 0 Å². The minimum Gasteiger partial charge on any atom is -0.459 e. The van der Waals surface area contributed by atoms with Crippen LogP contribution in [0.3, 0.4) is 0 Å². The Morgan fingerprint density at radius 2 is 1.12 bits per heavy atom. The zero-order chi connectivity index (χ0) is 18.1. The van der Waals surface area contributed by atoms with E-state index in [0.29, 0.717) is 0 Å². The van der Waals surface area contributed by atoms with Gasteiger partial charge < -0.3 is 9.47 Å². The van der Waals surface area contributed by atoms with Gasteiger partial charge in [-0.3, -0.25) is 9.59 Å². The van der Waals surface area contributed by atoms with Gasteiger partial charge in [-0.1, -0.05) is 12.2 Å². The van der Waals surface area contributed by atoms with Crippen molar-refractivity contribution in [3.05, 3.63) is 23.3 Å². The standard InChI is InChI=1S/C20H30O4/c1-19(2,3)23-17(21)15-11-13-9-7-8-10-14(13)12-16(15)18(22)24-20(4,5)6/h11-12,15-16H,7-10H2,1-6H3/t15-,16+. The minimum atomic E-state index is -0.601. The van der Waals surface area contributed by atoms with Gasteiger partial charge in [0.1, 0.15) is 11.2 Å². The molecular weight excluding hydrogens is 304 g/mol. The lowest BCUT2D eigenvalue weighted by Gasteiger charge is -2.32. The van der Waals surface area contributed by atoms with Crippen LogP contribution in [0.1, 0.15) is 67.2 Å². The lowest BCUT2D eigenvalue weighted by molar-refractivity contribution is -0.169. The van der Waals surface area contributed by atoms with E-state index in [1.165, 1.54) is 11.1 Å². The fourth-order valence-corrected chi connectivity index (χ4v) is 3.14. The molecule has 0 N–H and O–H groups in total. The molecule has 0 heterocycles. The summed E-state index contributed by atoms with van der Waals surface area (Å²) in [5.74, 6) is -1.91. The topological polar surface area (TPSA) is 52.6 Å². The number of esters is 2. The maximum atomic E-state index is 12.7. The SMILES string of the molecule is CC(C)(C)OC(=O)[C@H]1C=C2CCCCC2=C[C@H]1C(=O)OC(C)(C)C. The Balaban J connectivity index is 2.29. The van der Waals surface area contributed by atoms with Crippen molar-refractivity contribution in [2.24, 2.45) is 11.8 Å². The van der Waals surface area contributed by atoms with Gasteiger partial charge in [0.15, 0.2) is 0 Å². The molecule has 0 saturated heterocycles. The first-order valence-electron chi connectivity index (χ1n) is 8.84. The maximum Gasteiger partial charge on any atom is 0.314 e. The number of fused-ring (bicyclic) bond motifs is 1. The van der Waals surface area contributed by atoms with Crippen molar-refractivity contribution >= 4 is 11.9 Å². The number of hydrogen-bond acceptors (Lipinski definition) is 4. The second kappa shape index (κ2) is 6.73. The first kappa shape index (κ1) is 18.8. The van der Waals surface area contributed by atoms with Gasteiger partial charge in [0.2, 0.25) is 0 Å². The molecule has 2 aliphatic carbocycles. The summed E-state index contributed by atoms with van der Waals surface area (Å²) in [6.07, 6.45) is 8.06. The Morgan fingerprint density at radius 3 is 1.42 bits per heavy atom. The molecule has 2 atom stereocenters. The van der Waals surface area contributed by atoms with Crippen molar-refractivity contribution in [2.45, 2.75) is 78.4 Å². The number of carbonyl (C=O) groups is 2. The molecule has 2 rings (SSSR count). The van der Waals surface area contributed by atoms with Crippen LogP contribution in [-0.2, 0) is 19.1 Å². The molecule has 0 aromatic carbocycles. The fraction of sp³-hybridized carbons (Fsp3) is 0.700. The summed E-state index contributed by atoms with van der Waals surface area (Å²) in [7, 11) is 0. The summed E-state index contributed by atoms with van der Waals surface area (Å²) >= 11 is 0. The summed E-state index contributed by atoms with van der Waals surface area (Å²) in [6, 6.07) is 0. The van der Waals surface area contributed by atoms with Crippen LogP contribution in [0.15, 0.2) is 23.3 Å². The molecule has 2 aliphatic rings. The zero-order valence-corrected chi connectivity index (χ0v) is 15.8. The quantitative estimate of drug-likeness (QED) is 0.705. The van der Waals surface area contributed by atoms with Crippen molar-refractivity contribution in [3.8, 4) is 0 Å². The highest BCUT2D eigenvalue weighted by Crippen LogP contribution is 2.38. The van der Waals surface area contributed by atoms with E-state index in [2.05, 4.69) is 0 Å². The van der Waals surface area contributed by atoms with Gasteiger partial charge in [0, 0.05) is 0 Å². The van der Waals surface area contributed by atoms with Crippen molar-refractivity contribution in [1.29, 1.82) is 0 Å². The van der Waals surface area contributed by atoms with Crippen molar-refractivity contribution in [1.82, 2.24) is 0 Å². The van der Waals surface area contributed by atoms with Gasteiger partial charge >= 0.3 is 11.9 Å². The molecule has 0 spiro atoms. The van der Waals surface area contributed by atoms with Crippen LogP contribution in [-0.4, -0.2) is 23.1 Å². The molecule has 0 radical (unpaired) electrons. The first-order valence-corrected chi connectivity index (χ1v) is 8.84. The molecule has 0 amide bonds. The molecule has 0 unspecified atom stereocenters. The van der Waals surface area contributed by atoms with Crippen LogP contribution in [0, 0.1) is 11.8 Å². The molecule has 134 valence electrons. The molecule has 1 fully saturated rings. The number of rotatable bonds is 2. The largest absolute Gasteiger partial charge is 0.459 e. The van der Waals surface area contributed by atoms with Crippen LogP contribution in [0.25, 0.3) is 0 Å². The number of carbonyl (C=O) groups excluding carboxylic acids is 2. The van der Waals surface area contributed by atoms with E-state index in [9.17, 15) is 9.59 Å². The summed E-state index contributed by atoms with van der Waals surface area (Å²) in [5.41, 5.74) is 1.23. The second-order valence-electron chi connectivity index (χ2n) is 8.71. The van der Waals surface area contributed by atoms with E-state index in [4.69, 9.17) is 9.47 Å². The summed E-state index contributed by atoms with van der Waals surface area (Å²) in [4.78, 5) is 25.3. The van der Waals surface area contributed by atoms with Crippen LogP contribution in [0.4, 0.5) is 0 Å². The third-order valence-corrected chi connectivity index (χ3v) is 4.06. The predicted octanol–water partition coefficient (Wildman–Crippen LogP) is 4.34. The highest BCUT2D eigenvalue weighted by Gasteiger charge is 2.39. The van der Waals surface area contributed by atoms with E-state index in [0.717, 1.165) is 25.7 Å². The number of hydrogen-bond donors (Lipinski definition) is 0. The normalized spacial score (nSPS) is 24.4. The molecule has 4 nitrogen and oxygen atoms in total. The first-order chi connectivity index (χ1) is 11.0. The molecule has 24 heavy (non-hydrogen) atoms. The fourth-order valence-electron chi connectivity index (χ4n) is 3.14. The molecule has 0 aromatic rings. The second-order valence-corrected chi connectivity index (χ2v) is 8.71. The van der Waals surface area contributed by atoms with Gasteiger partial charge in [-0.15, -0.1) is 0 Å². The molecule has 4 heteroatoms. The zero-order valence-electron chi connectivity index (χ0n) is 15.8. The summed E-state index contributed by atoms with van der Waals surface area (Å²) in [5, 5.41) is 0. The van der Waals surface area contributed by atoms with Crippen LogP contribution in [0.2, 0.25) is 0 Å². The van der Waals surface area contributed by atoms with Crippen molar-refractivity contribution < 1.29 is 19.1 Å². The molecule has 0 aliphatic heterocycles. The third-order valence-electron chi connectivity index (χ3n) is 4.06. The van der Waals surface area contributed by atoms with Crippen LogP contribution < -0.4 is 0 Å². The Kier molecular flexibility index (Phi) is 5.26. The lowest BCUT2D eigenvalue weighted by atomic mass is 9.76. The lowest BCUT2D eigenvalue weighted by Crippen LogP contribution is -2.38. The third kappa shape index (κ3) is 4.96. The minimum absolute atomic E-state index is 0.355. The summed E-state index contributed by atoms with van der Waals surface area (Å²) in [6.45, 7) is 11.0. The number of ether oxygens (including phenoxy) is 2. The highest BCUT2D eigenvalue weighted by molar-refractivity contribution is 5.86. The van der Waals surface area contributed by atoms with Gasteiger partial charge in [0.25, 0.3) is 0 Å². The van der Waals surface area contributed by atoms with Gasteiger partial charge in [-0.2, -0.15) is 0 Å². The average molecular weight is 334 g/mol. The van der Waals surface area contributed by atoms with E-state index in [-0.39, 0.29) is 11.9 Å². The van der Waals surface area contributed by atoms with Gasteiger partial charge in [0.05, 0.1) is 11.8 Å². The Bertz CT molecular complexity index is 517. The Labute approximate surface area is 145 Å². The molecule has 0 aromatic heterocycles. The van der Waals surface area contributed by atoms with Gasteiger partial charge in [-0.25, -0.2) is 0 Å². The van der Waals surface area contributed by atoms with E-state index in [1.807, 2.05) is 53.7 Å². The molecular formula is C20H30O4. The molecule has 0 bridgehead atoms. The Hall–Kier alpha value is -1.58. The van der Waals surface area contributed by atoms with Crippen molar-refractivity contribution in [2.75, 3.05) is 0 Å². The average Bonchev–Trinajstić information content (AvgIpc) is 2.42. The number of allylic oxidation sites excluding steroid dienone is 2. The summed E-state index contributed by atoms with van der Waals surface area (Å²) < 4.78 is 11.1. The van der Waals surface area contributed by atoms with Crippen LogP contribution >= 0.6 is 0 Å². The monoisotopic (exact) mass is 334 g/mol. The smallest absolute Gasteiger partial charge is 0.314 e. The van der Waals surface area contributed by atoms with Crippen molar-refractivity contribution in [3.63, 3.8) is 0 Å². The highest BCUT2D eigenvalue weighted by atomic mass is 16.6. The van der Waals surface area contributed by atoms with E-state index >= 15 is 0 Å². The predicted molar refractivity (Wildman–Crippen MR) is 93.3 cm³/mol. The molecule has 1 saturated carbocycles. The van der Waals surface area contributed by atoms with Crippen LogP contribution in [0.5, 0.6) is 0 Å².